The van der Waals surface area contributed by atoms with E-state index in [0.29, 0.717) is 22.5 Å². The summed E-state index contributed by atoms with van der Waals surface area (Å²) in [5, 5.41) is 0.641. The second kappa shape index (κ2) is 9.67. The first-order valence-corrected chi connectivity index (χ1v) is 10.9. The number of rotatable bonds is 5. The number of carbonyl (C=O) groups is 1. The van der Waals surface area contributed by atoms with Gasteiger partial charge in [0.05, 0.1) is 5.69 Å². The highest BCUT2D eigenvalue weighted by Crippen LogP contribution is 2.23. The number of piperazine rings is 1. The van der Waals surface area contributed by atoms with Crippen LogP contribution in [0.1, 0.15) is 12.8 Å². The minimum atomic E-state index is -0.166. The van der Waals surface area contributed by atoms with Gasteiger partial charge in [-0.05, 0) is 49.2 Å². The summed E-state index contributed by atoms with van der Waals surface area (Å²) in [6.45, 7) is 4.88. The quantitative estimate of drug-likeness (QED) is 0.723. The second-order valence-electron chi connectivity index (χ2n) is 7.85. The van der Waals surface area contributed by atoms with Gasteiger partial charge in [-0.1, -0.05) is 23.7 Å². The lowest BCUT2D eigenvalue weighted by atomic mass is 10.0. The van der Waals surface area contributed by atoms with E-state index in [2.05, 4.69) is 9.80 Å². The van der Waals surface area contributed by atoms with E-state index in [4.69, 9.17) is 16.3 Å². The number of piperidine rings is 1. The monoisotopic (exact) mass is 431 g/mol. The lowest BCUT2D eigenvalue weighted by molar-refractivity contribution is -0.135. The van der Waals surface area contributed by atoms with Crippen LogP contribution in [-0.4, -0.2) is 67.6 Å². The zero-order valence-corrected chi connectivity index (χ0v) is 17.7. The largest absolute Gasteiger partial charge is 0.484 e. The summed E-state index contributed by atoms with van der Waals surface area (Å²) in [5.74, 6) is 0.492. The molecule has 0 aliphatic carbocycles. The van der Waals surface area contributed by atoms with Crippen LogP contribution in [0.15, 0.2) is 48.5 Å². The molecule has 2 aliphatic rings. The number of benzene rings is 2. The standard InChI is InChI=1S/C23H27ClFN3O2/c24-18-7-9-20(10-8-18)30-17-23(29)28-11-3-4-19(16-28)26-12-14-27(15-13-26)22-6-2-1-5-21(22)25/h1-2,5-10,19H,3-4,11-17H2. The van der Waals surface area contributed by atoms with Crippen molar-refractivity contribution in [1.29, 1.82) is 0 Å². The molecule has 2 aliphatic heterocycles. The van der Waals surface area contributed by atoms with Crippen LogP contribution < -0.4 is 9.64 Å². The fourth-order valence-corrected chi connectivity index (χ4v) is 4.41. The molecule has 0 radical (unpaired) electrons. The number of hydrogen-bond acceptors (Lipinski definition) is 4. The van der Waals surface area contributed by atoms with E-state index < -0.39 is 0 Å². The Labute approximate surface area is 182 Å². The van der Waals surface area contributed by atoms with Crippen LogP contribution >= 0.6 is 11.6 Å². The fourth-order valence-electron chi connectivity index (χ4n) is 4.28. The van der Waals surface area contributed by atoms with Gasteiger partial charge in [0.1, 0.15) is 11.6 Å². The normalized spacial score (nSPS) is 20.3. The molecule has 7 heteroatoms. The van der Waals surface area contributed by atoms with E-state index in [9.17, 15) is 9.18 Å². The summed E-state index contributed by atoms with van der Waals surface area (Å²) in [4.78, 5) is 19.1. The molecule has 30 heavy (non-hydrogen) atoms. The maximum Gasteiger partial charge on any atom is 0.260 e. The Morgan fingerprint density at radius 1 is 1.03 bits per heavy atom. The predicted octanol–water partition coefficient (Wildman–Crippen LogP) is 3.67. The SMILES string of the molecule is O=C(COc1ccc(Cl)cc1)N1CCCC(N2CCN(c3ccccc3F)CC2)C1. The smallest absolute Gasteiger partial charge is 0.260 e. The van der Waals surface area contributed by atoms with Crippen molar-refractivity contribution < 1.29 is 13.9 Å². The molecule has 0 bridgehead atoms. The predicted molar refractivity (Wildman–Crippen MR) is 117 cm³/mol. The van der Waals surface area contributed by atoms with Crippen molar-refractivity contribution in [2.45, 2.75) is 18.9 Å². The number of nitrogens with zero attached hydrogens (tertiary/aromatic N) is 3. The molecule has 5 nitrogen and oxygen atoms in total. The third kappa shape index (κ3) is 5.05. The number of anilines is 1. The van der Waals surface area contributed by atoms with Gasteiger partial charge >= 0.3 is 0 Å². The van der Waals surface area contributed by atoms with Gasteiger partial charge in [-0.2, -0.15) is 0 Å². The highest BCUT2D eigenvalue weighted by molar-refractivity contribution is 6.30. The lowest BCUT2D eigenvalue weighted by Gasteiger charge is -2.44. The Morgan fingerprint density at radius 3 is 2.50 bits per heavy atom. The zero-order valence-electron chi connectivity index (χ0n) is 17.0. The Kier molecular flexibility index (Phi) is 6.75. The zero-order chi connectivity index (χ0) is 20.9. The van der Waals surface area contributed by atoms with Gasteiger partial charge in [0, 0.05) is 50.3 Å². The number of carbonyl (C=O) groups excluding carboxylic acids is 1. The van der Waals surface area contributed by atoms with Crippen molar-refractivity contribution in [3.63, 3.8) is 0 Å². The molecule has 1 atom stereocenters. The summed E-state index contributed by atoms with van der Waals surface area (Å²) in [6.07, 6.45) is 2.08. The number of halogens is 2. The number of likely N-dealkylation sites (tertiary alicyclic amines) is 1. The molecule has 0 N–H and O–H groups in total. The molecule has 2 aromatic carbocycles. The molecule has 1 amide bonds. The van der Waals surface area contributed by atoms with Gasteiger partial charge in [-0.15, -0.1) is 0 Å². The van der Waals surface area contributed by atoms with Crippen LogP contribution in [0.2, 0.25) is 5.02 Å². The average Bonchev–Trinajstić information content (AvgIpc) is 2.79. The highest BCUT2D eigenvalue weighted by atomic mass is 35.5. The Balaban J connectivity index is 1.27. The van der Waals surface area contributed by atoms with Crippen molar-refractivity contribution in [3.8, 4) is 5.75 Å². The fraction of sp³-hybridized carbons (Fsp3) is 0.435. The van der Waals surface area contributed by atoms with Crippen molar-refractivity contribution in [1.82, 2.24) is 9.80 Å². The molecule has 2 saturated heterocycles. The van der Waals surface area contributed by atoms with Crippen molar-refractivity contribution >= 4 is 23.2 Å². The van der Waals surface area contributed by atoms with Gasteiger partial charge in [-0.3, -0.25) is 9.69 Å². The molecule has 2 aromatic rings. The molecule has 2 fully saturated rings. The molecule has 2 heterocycles. The van der Waals surface area contributed by atoms with Gasteiger partial charge < -0.3 is 14.5 Å². The lowest BCUT2D eigenvalue weighted by Crippen LogP contribution is -2.56. The number of amides is 1. The number of hydrogen-bond donors (Lipinski definition) is 0. The Hall–Kier alpha value is -2.31. The summed E-state index contributed by atoms with van der Waals surface area (Å²) in [6, 6.07) is 14.3. The maximum atomic E-state index is 14.1. The summed E-state index contributed by atoms with van der Waals surface area (Å²) < 4.78 is 19.7. The number of ether oxygens (including phenoxy) is 1. The van der Waals surface area contributed by atoms with E-state index in [1.807, 2.05) is 17.0 Å². The van der Waals surface area contributed by atoms with Crippen LogP contribution in [0.4, 0.5) is 10.1 Å². The molecule has 160 valence electrons. The minimum Gasteiger partial charge on any atom is -0.484 e. The molecule has 0 saturated carbocycles. The van der Waals surface area contributed by atoms with E-state index in [1.54, 1.807) is 30.3 Å². The molecule has 4 rings (SSSR count). The third-order valence-electron chi connectivity index (χ3n) is 5.95. The van der Waals surface area contributed by atoms with E-state index in [1.165, 1.54) is 6.07 Å². The van der Waals surface area contributed by atoms with Crippen LogP contribution in [0, 0.1) is 5.82 Å². The van der Waals surface area contributed by atoms with Gasteiger partial charge in [0.2, 0.25) is 0 Å². The van der Waals surface area contributed by atoms with E-state index in [0.717, 1.165) is 52.1 Å². The molecule has 1 unspecified atom stereocenters. The van der Waals surface area contributed by atoms with E-state index >= 15 is 0 Å². The molecule has 0 spiro atoms. The summed E-state index contributed by atoms with van der Waals surface area (Å²) in [7, 11) is 0. The summed E-state index contributed by atoms with van der Waals surface area (Å²) >= 11 is 5.88. The number of para-hydroxylation sites is 1. The third-order valence-corrected chi connectivity index (χ3v) is 6.20. The van der Waals surface area contributed by atoms with Crippen LogP contribution in [0.25, 0.3) is 0 Å². The first-order valence-electron chi connectivity index (χ1n) is 10.5. The van der Waals surface area contributed by atoms with Crippen molar-refractivity contribution in [2.75, 3.05) is 50.8 Å². The Morgan fingerprint density at radius 2 is 1.77 bits per heavy atom. The molecule has 0 aromatic heterocycles. The minimum absolute atomic E-state index is 0.0136. The highest BCUT2D eigenvalue weighted by Gasteiger charge is 2.30. The Bertz CT molecular complexity index is 856. The van der Waals surface area contributed by atoms with Gasteiger partial charge in [0.25, 0.3) is 5.91 Å². The molecular formula is C23H27ClFN3O2. The van der Waals surface area contributed by atoms with Crippen LogP contribution in [0.3, 0.4) is 0 Å². The topological polar surface area (TPSA) is 36.0 Å². The van der Waals surface area contributed by atoms with Gasteiger partial charge in [0.15, 0.2) is 6.61 Å². The van der Waals surface area contributed by atoms with E-state index in [-0.39, 0.29) is 18.3 Å². The first kappa shape index (κ1) is 20.9. The second-order valence-corrected chi connectivity index (χ2v) is 8.29. The average molecular weight is 432 g/mol. The van der Waals surface area contributed by atoms with Crippen molar-refractivity contribution in [2.24, 2.45) is 0 Å². The summed E-state index contributed by atoms with van der Waals surface area (Å²) in [5.41, 5.74) is 0.678. The molecular weight excluding hydrogens is 405 g/mol. The van der Waals surface area contributed by atoms with Gasteiger partial charge in [-0.25, -0.2) is 4.39 Å². The maximum absolute atomic E-state index is 14.1. The van der Waals surface area contributed by atoms with Crippen molar-refractivity contribution in [3.05, 3.63) is 59.4 Å². The van der Waals surface area contributed by atoms with Crippen LogP contribution in [0.5, 0.6) is 5.75 Å². The first-order chi connectivity index (χ1) is 14.6. The van der Waals surface area contributed by atoms with Crippen LogP contribution in [-0.2, 0) is 4.79 Å².